The molecule has 2 fully saturated rings. The van der Waals surface area contributed by atoms with Crippen LogP contribution in [0.2, 0.25) is 0 Å². The molecule has 3 atom stereocenters. The molecule has 3 unspecified atom stereocenters. The molecular formula is C20H27F3N2O. The van der Waals surface area contributed by atoms with E-state index in [2.05, 4.69) is 5.32 Å². The Morgan fingerprint density at radius 3 is 2.42 bits per heavy atom. The Bertz CT molecular complexity index is 608. The first-order valence-corrected chi connectivity index (χ1v) is 9.51. The fourth-order valence-corrected chi connectivity index (χ4v) is 4.46. The van der Waals surface area contributed by atoms with Crippen LogP contribution in [0.25, 0.3) is 0 Å². The molecule has 144 valence electrons. The van der Waals surface area contributed by atoms with Crippen molar-refractivity contribution in [3.8, 4) is 0 Å². The SMILES string of the molecule is CN(C(=O)Cc1ccc(C(F)(F)F)cc1)C1CCCCC1C1CCCN1. The summed E-state index contributed by atoms with van der Waals surface area (Å²) in [5, 5.41) is 3.58. The third-order valence-electron chi connectivity index (χ3n) is 5.92. The van der Waals surface area contributed by atoms with E-state index in [1.54, 1.807) is 0 Å². The molecule has 1 aliphatic heterocycles. The van der Waals surface area contributed by atoms with Crippen LogP contribution >= 0.6 is 0 Å². The quantitative estimate of drug-likeness (QED) is 0.871. The lowest BCUT2D eigenvalue weighted by Gasteiger charge is -2.41. The fourth-order valence-electron chi connectivity index (χ4n) is 4.46. The van der Waals surface area contributed by atoms with E-state index in [4.69, 9.17) is 0 Å². The Balaban J connectivity index is 1.64. The summed E-state index contributed by atoms with van der Waals surface area (Å²) in [5.41, 5.74) is -0.0529. The van der Waals surface area contributed by atoms with Gasteiger partial charge in [-0.05, 0) is 55.8 Å². The van der Waals surface area contributed by atoms with Gasteiger partial charge in [0.05, 0.1) is 12.0 Å². The van der Waals surface area contributed by atoms with Gasteiger partial charge in [-0.15, -0.1) is 0 Å². The van der Waals surface area contributed by atoms with E-state index in [1.165, 1.54) is 31.4 Å². The average Bonchev–Trinajstić information content (AvgIpc) is 3.15. The predicted molar refractivity (Wildman–Crippen MR) is 94.7 cm³/mol. The molecule has 1 aromatic carbocycles. The number of likely N-dealkylation sites (N-methyl/N-ethyl adjacent to an activating group) is 1. The van der Waals surface area contributed by atoms with Gasteiger partial charge in [0.2, 0.25) is 5.91 Å². The molecule has 26 heavy (non-hydrogen) atoms. The van der Waals surface area contributed by atoms with Crippen molar-refractivity contribution < 1.29 is 18.0 Å². The Labute approximate surface area is 152 Å². The summed E-state index contributed by atoms with van der Waals surface area (Å²) in [6.45, 7) is 1.05. The second-order valence-electron chi connectivity index (χ2n) is 7.59. The topological polar surface area (TPSA) is 32.3 Å². The van der Waals surface area contributed by atoms with Gasteiger partial charge in [0, 0.05) is 19.1 Å². The van der Waals surface area contributed by atoms with Gasteiger partial charge in [-0.25, -0.2) is 0 Å². The van der Waals surface area contributed by atoms with Crippen molar-refractivity contribution in [2.75, 3.05) is 13.6 Å². The molecule has 1 saturated heterocycles. The van der Waals surface area contributed by atoms with Crippen LogP contribution < -0.4 is 5.32 Å². The molecule has 1 N–H and O–H groups in total. The van der Waals surface area contributed by atoms with Gasteiger partial charge >= 0.3 is 6.18 Å². The number of nitrogens with zero attached hydrogens (tertiary/aromatic N) is 1. The fraction of sp³-hybridized carbons (Fsp3) is 0.650. The molecule has 0 bridgehead atoms. The van der Waals surface area contributed by atoms with Crippen LogP contribution in [0.3, 0.4) is 0 Å². The van der Waals surface area contributed by atoms with E-state index in [0.29, 0.717) is 17.5 Å². The normalized spacial score (nSPS) is 26.7. The number of nitrogens with one attached hydrogen (secondary N) is 1. The highest BCUT2D eigenvalue weighted by molar-refractivity contribution is 5.78. The molecule has 6 heteroatoms. The van der Waals surface area contributed by atoms with E-state index in [9.17, 15) is 18.0 Å². The minimum atomic E-state index is -4.34. The number of hydrogen-bond acceptors (Lipinski definition) is 2. The molecule has 0 aromatic heterocycles. The molecule has 1 saturated carbocycles. The van der Waals surface area contributed by atoms with Crippen LogP contribution in [-0.4, -0.2) is 36.5 Å². The van der Waals surface area contributed by atoms with Crippen LogP contribution in [0, 0.1) is 5.92 Å². The van der Waals surface area contributed by atoms with Crippen LogP contribution in [0.15, 0.2) is 24.3 Å². The second kappa shape index (κ2) is 7.99. The lowest BCUT2D eigenvalue weighted by atomic mass is 9.78. The highest BCUT2D eigenvalue weighted by Gasteiger charge is 2.36. The van der Waals surface area contributed by atoms with Crippen molar-refractivity contribution in [3.63, 3.8) is 0 Å². The lowest BCUT2D eigenvalue weighted by molar-refractivity contribution is -0.137. The lowest BCUT2D eigenvalue weighted by Crippen LogP contribution is -2.50. The Kier molecular flexibility index (Phi) is 5.90. The molecule has 1 amide bonds. The summed E-state index contributed by atoms with van der Waals surface area (Å²) in [6, 6.07) is 5.63. The van der Waals surface area contributed by atoms with Gasteiger partial charge in [-0.2, -0.15) is 13.2 Å². The van der Waals surface area contributed by atoms with Crippen molar-refractivity contribution in [1.82, 2.24) is 10.2 Å². The van der Waals surface area contributed by atoms with Crippen molar-refractivity contribution in [2.45, 2.75) is 63.2 Å². The third-order valence-corrected chi connectivity index (χ3v) is 5.92. The van der Waals surface area contributed by atoms with Crippen LogP contribution in [0.5, 0.6) is 0 Å². The molecular weight excluding hydrogens is 341 g/mol. The molecule has 1 heterocycles. The van der Waals surface area contributed by atoms with Gasteiger partial charge in [-0.3, -0.25) is 4.79 Å². The number of carbonyl (C=O) groups excluding carboxylic acids is 1. The average molecular weight is 368 g/mol. The van der Waals surface area contributed by atoms with Crippen LogP contribution in [0.4, 0.5) is 13.2 Å². The Hall–Kier alpha value is -1.56. The predicted octanol–water partition coefficient (Wildman–Crippen LogP) is 4.02. The maximum Gasteiger partial charge on any atom is 0.416 e. The highest BCUT2D eigenvalue weighted by atomic mass is 19.4. The van der Waals surface area contributed by atoms with Crippen LogP contribution in [-0.2, 0) is 17.4 Å². The summed E-state index contributed by atoms with van der Waals surface area (Å²) >= 11 is 0. The number of carbonyl (C=O) groups is 1. The monoisotopic (exact) mass is 368 g/mol. The second-order valence-corrected chi connectivity index (χ2v) is 7.59. The largest absolute Gasteiger partial charge is 0.416 e. The summed E-state index contributed by atoms with van der Waals surface area (Å²) in [7, 11) is 1.85. The van der Waals surface area contributed by atoms with Gasteiger partial charge in [-0.1, -0.05) is 25.0 Å². The zero-order chi connectivity index (χ0) is 18.7. The van der Waals surface area contributed by atoms with Gasteiger partial charge in [0.15, 0.2) is 0 Å². The first kappa shape index (κ1) is 19.2. The van der Waals surface area contributed by atoms with Crippen molar-refractivity contribution in [2.24, 2.45) is 5.92 Å². The molecule has 0 spiro atoms. The van der Waals surface area contributed by atoms with Gasteiger partial charge < -0.3 is 10.2 Å². The summed E-state index contributed by atoms with van der Waals surface area (Å²) in [4.78, 5) is 14.6. The smallest absolute Gasteiger partial charge is 0.342 e. The summed E-state index contributed by atoms with van der Waals surface area (Å²) in [5.74, 6) is 0.465. The standard InChI is InChI=1S/C20H27F3N2O/c1-25(18-7-3-2-5-16(18)17-6-4-12-24-17)19(26)13-14-8-10-15(11-9-14)20(21,22)23/h8-11,16-18,24H,2-7,12-13H2,1H3. The van der Waals surface area contributed by atoms with Gasteiger partial charge in [0.1, 0.15) is 0 Å². The summed E-state index contributed by atoms with van der Waals surface area (Å²) < 4.78 is 38.0. The van der Waals surface area contributed by atoms with Crippen LogP contribution in [0.1, 0.15) is 49.7 Å². The van der Waals surface area contributed by atoms with Gasteiger partial charge in [0.25, 0.3) is 0 Å². The number of rotatable bonds is 4. The van der Waals surface area contributed by atoms with Crippen molar-refractivity contribution in [1.29, 1.82) is 0 Å². The molecule has 3 nitrogen and oxygen atoms in total. The number of benzene rings is 1. The van der Waals surface area contributed by atoms with Crippen molar-refractivity contribution in [3.05, 3.63) is 35.4 Å². The minimum Gasteiger partial charge on any atom is -0.342 e. The molecule has 3 rings (SSSR count). The zero-order valence-corrected chi connectivity index (χ0v) is 15.2. The number of alkyl halides is 3. The van der Waals surface area contributed by atoms with Crippen molar-refractivity contribution >= 4 is 5.91 Å². The Morgan fingerprint density at radius 2 is 1.81 bits per heavy atom. The number of amides is 1. The molecule has 2 aliphatic rings. The van der Waals surface area contributed by atoms with E-state index in [1.807, 2.05) is 11.9 Å². The zero-order valence-electron chi connectivity index (χ0n) is 15.2. The van der Waals surface area contributed by atoms with E-state index in [-0.39, 0.29) is 18.4 Å². The number of halogens is 3. The molecule has 0 radical (unpaired) electrons. The maximum absolute atomic E-state index is 12.7. The summed E-state index contributed by atoms with van der Waals surface area (Å²) in [6.07, 6.45) is 2.66. The first-order valence-electron chi connectivity index (χ1n) is 9.51. The molecule has 1 aromatic rings. The highest BCUT2D eigenvalue weighted by Crippen LogP contribution is 2.34. The Morgan fingerprint density at radius 1 is 1.12 bits per heavy atom. The maximum atomic E-state index is 12.7. The number of hydrogen-bond donors (Lipinski definition) is 1. The minimum absolute atomic E-state index is 0.0142. The molecule has 1 aliphatic carbocycles. The third kappa shape index (κ3) is 4.40. The van der Waals surface area contributed by atoms with E-state index < -0.39 is 11.7 Å². The van der Waals surface area contributed by atoms with E-state index >= 15 is 0 Å². The first-order chi connectivity index (χ1) is 12.4. The van der Waals surface area contributed by atoms with E-state index in [0.717, 1.165) is 37.9 Å².